The summed E-state index contributed by atoms with van der Waals surface area (Å²) in [6.45, 7) is 11.9. The molecule has 0 aliphatic heterocycles. The van der Waals surface area contributed by atoms with Crippen LogP contribution in [-0.2, 0) is 6.42 Å². The Labute approximate surface area is 197 Å². The molecule has 1 atom stereocenters. The van der Waals surface area contributed by atoms with Crippen LogP contribution in [0.5, 0.6) is 0 Å². The fourth-order valence-electron chi connectivity index (χ4n) is 6.96. The van der Waals surface area contributed by atoms with E-state index in [1.807, 2.05) is 0 Å². The fourth-order valence-corrected chi connectivity index (χ4v) is 7.31. The zero-order chi connectivity index (χ0) is 21.3. The van der Waals surface area contributed by atoms with Crippen LogP contribution in [0.3, 0.4) is 0 Å². The Hall–Kier alpha value is -0.240. The Kier molecular flexibility index (Phi) is 8.79. The van der Waals surface area contributed by atoms with E-state index in [1.54, 1.807) is 0 Å². The quantitative estimate of drug-likeness (QED) is 0.457. The van der Waals surface area contributed by atoms with Crippen LogP contribution in [0.2, 0.25) is 5.02 Å². The van der Waals surface area contributed by atoms with Crippen molar-refractivity contribution in [1.82, 2.24) is 0 Å². The van der Waals surface area contributed by atoms with Gasteiger partial charge in [-0.25, -0.2) is 0 Å². The second kappa shape index (κ2) is 10.1. The standard InChI is InChI=1S/C27H44ClN.ClH/c1-20(29)27(13-7-6-8-14-27)15-9-10-21-11-12-23(24(28)16-21)22-17-25(2,3)19-26(4,5)18-22;/h11-12,16,20,22H,6-10,13-15,17-19,29H2,1-5H3;1H. The lowest BCUT2D eigenvalue weighted by atomic mass is 9.60. The van der Waals surface area contributed by atoms with Gasteiger partial charge in [-0.15, -0.1) is 12.4 Å². The lowest BCUT2D eigenvalue weighted by Gasteiger charge is -2.45. The molecule has 0 heterocycles. The SMILES string of the molecule is CC(N)C1(CCCc2ccc(C3CC(C)(C)CC(C)(C)C3)c(Cl)c2)CCCCC1.Cl. The van der Waals surface area contributed by atoms with Crippen molar-refractivity contribution in [3.05, 3.63) is 34.3 Å². The molecule has 0 radical (unpaired) electrons. The Balaban J connectivity index is 0.00000320. The lowest BCUT2D eigenvalue weighted by molar-refractivity contribution is 0.0969. The number of nitrogens with two attached hydrogens (primary N) is 1. The molecule has 2 aliphatic rings. The molecule has 1 nitrogen and oxygen atoms in total. The highest BCUT2D eigenvalue weighted by Crippen LogP contribution is 2.52. The second-order valence-corrected chi connectivity index (χ2v) is 12.4. The largest absolute Gasteiger partial charge is 0.327 e. The first kappa shape index (κ1) is 26.0. The summed E-state index contributed by atoms with van der Waals surface area (Å²) in [6, 6.07) is 7.24. The molecule has 2 N–H and O–H groups in total. The van der Waals surface area contributed by atoms with Gasteiger partial charge in [0.05, 0.1) is 0 Å². The van der Waals surface area contributed by atoms with Gasteiger partial charge in [0.15, 0.2) is 0 Å². The van der Waals surface area contributed by atoms with E-state index in [2.05, 4.69) is 52.8 Å². The predicted molar refractivity (Wildman–Crippen MR) is 135 cm³/mol. The number of hydrogen-bond donors (Lipinski definition) is 1. The van der Waals surface area contributed by atoms with Crippen LogP contribution in [0.25, 0.3) is 0 Å². The number of hydrogen-bond acceptors (Lipinski definition) is 1. The molecule has 3 rings (SSSR count). The van der Waals surface area contributed by atoms with Gasteiger partial charge >= 0.3 is 0 Å². The van der Waals surface area contributed by atoms with Crippen molar-refractivity contribution in [2.75, 3.05) is 0 Å². The molecule has 1 aromatic carbocycles. The minimum absolute atomic E-state index is 0. The van der Waals surface area contributed by atoms with E-state index in [4.69, 9.17) is 17.3 Å². The zero-order valence-electron chi connectivity index (χ0n) is 20.0. The summed E-state index contributed by atoms with van der Waals surface area (Å²) in [5.41, 5.74) is 10.4. The molecule has 1 unspecified atom stereocenters. The van der Waals surface area contributed by atoms with Crippen molar-refractivity contribution in [2.45, 2.75) is 117 Å². The Morgan fingerprint density at radius 2 is 1.63 bits per heavy atom. The molecular weight excluding hydrogens is 409 g/mol. The summed E-state index contributed by atoms with van der Waals surface area (Å²) in [6.07, 6.45) is 14.1. The molecule has 0 aromatic heterocycles. The van der Waals surface area contributed by atoms with Crippen LogP contribution in [-0.4, -0.2) is 6.04 Å². The van der Waals surface area contributed by atoms with Crippen molar-refractivity contribution < 1.29 is 0 Å². The van der Waals surface area contributed by atoms with Crippen LogP contribution in [0, 0.1) is 16.2 Å². The van der Waals surface area contributed by atoms with Gasteiger partial charge < -0.3 is 5.73 Å². The first-order chi connectivity index (χ1) is 13.5. The van der Waals surface area contributed by atoms with E-state index >= 15 is 0 Å². The van der Waals surface area contributed by atoms with Gasteiger partial charge in [-0.2, -0.15) is 0 Å². The number of halogens is 2. The molecule has 172 valence electrons. The van der Waals surface area contributed by atoms with Crippen LogP contribution in [0.1, 0.15) is 116 Å². The maximum Gasteiger partial charge on any atom is 0.0443 e. The summed E-state index contributed by atoms with van der Waals surface area (Å²) in [7, 11) is 0. The highest BCUT2D eigenvalue weighted by atomic mass is 35.5. The third-order valence-electron chi connectivity index (χ3n) is 8.02. The first-order valence-corrected chi connectivity index (χ1v) is 12.4. The van der Waals surface area contributed by atoms with Gasteiger partial charge in [-0.1, -0.05) is 70.7 Å². The van der Waals surface area contributed by atoms with E-state index in [9.17, 15) is 0 Å². The molecule has 2 aliphatic carbocycles. The van der Waals surface area contributed by atoms with Gasteiger partial charge in [-0.3, -0.25) is 0 Å². The van der Waals surface area contributed by atoms with E-state index in [1.165, 1.54) is 75.3 Å². The topological polar surface area (TPSA) is 26.0 Å². The highest BCUT2D eigenvalue weighted by molar-refractivity contribution is 6.31. The van der Waals surface area contributed by atoms with E-state index < -0.39 is 0 Å². The van der Waals surface area contributed by atoms with E-state index in [-0.39, 0.29) is 12.4 Å². The Bertz CT molecular complexity index is 670. The molecule has 0 spiro atoms. The molecule has 0 amide bonds. The van der Waals surface area contributed by atoms with Gasteiger partial charge in [0.1, 0.15) is 0 Å². The third-order valence-corrected chi connectivity index (χ3v) is 8.34. The molecule has 2 saturated carbocycles. The van der Waals surface area contributed by atoms with Gasteiger partial charge in [-0.05, 0) is 97.6 Å². The van der Waals surface area contributed by atoms with Crippen LogP contribution in [0.4, 0.5) is 0 Å². The summed E-state index contributed by atoms with van der Waals surface area (Å²) >= 11 is 6.83. The molecule has 0 bridgehead atoms. The van der Waals surface area contributed by atoms with E-state index in [0.717, 1.165) is 11.4 Å². The van der Waals surface area contributed by atoms with Crippen molar-refractivity contribution >= 4 is 24.0 Å². The molecule has 2 fully saturated rings. The van der Waals surface area contributed by atoms with Crippen LogP contribution in [0.15, 0.2) is 18.2 Å². The number of rotatable bonds is 6. The molecule has 30 heavy (non-hydrogen) atoms. The average molecular weight is 455 g/mol. The monoisotopic (exact) mass is 453 g/mol. The highest BCUT2D eigenvalue weighted by Gasteiger charge is 2.39. The lowest BCUT2D eigenvalue weighted by Crippen LogP contribution is -2.41. The summed E-state index contributed by atoms with van der Waals surface area (Å²) < 4.78 is 0. The van der Waals surface area contributed by atoms with Gasteiger partial charge in [0, 0.05) is 11.1 Å². The molecule has 3 heteroatoms. The number of benzene rings is 1. The van der Waals surface area contributed by atoms with Crippen molar-refractivity contribution in [1.29, 1.82) is 0 Å². The molecule has 1 aromatic rings. The normalized spacial score (nSPS) is 24.1. The Morgan fingerprint density at radius 3 is 2.17 bits per heavy atom. The second-order valence-electron chi connectivity index (χ2n) is 12.0. The summed E-state index contributed by atoms with van der Waals surface area (Å²) in [4.78, 5) is 0. The maximum atomic E-state index is 6.83. The van der Waals surface area contributed by atoms with Crippen molar-refractivity contribution in [2.24, 2.45) is 22.0 Å². The van der Waals surface area contributed by atoms with Gasteiger partial charge in [0.2, 0.25) is 0 Å². The average Bonchev–Trinajstić information content (AvgIpc) is 2.60. The zero-order valence-corrected chi connectivity index (χ0v) is 21.6. The van der Waals surface area contributed by atoms with Crippen LogP contribution < -0.4 is 5.73 Å². The first-order valence-electron chi connectivity index (χ1n) is 12.1. The van der Waals surface area contributed by atoms with E-state index in [0.29, 0.717) is 28.2 Å². The fraction of sp³-hybridized carbons (Fsp3) is 0.778. The molecular formula is C27H45Cl2N. The van der Waals surface area contributed by atoms with Crippen LogP contribution >= 0.6 is 24.0 Å². The minimum atomic E-state index is 0. The maximum absolute atomic E-state index is 6.83. The van der Waals surface area contributed by atoms with Crippen molar-refractivity contribution in [3.63, 3.8) is 0 Å². The smallest absolute Gasteiger partial charge is 0.0443 e. The van der Waals surface area contributed by atoms with Crippen molar-refractivity contribution in [3.8, 4) is 0 Å². The minimum Gasteiger partial charge on any atom is -0.327 e. The predicted octanol–water partition coefficient (Wildman–Crippen LogP) is 8.70. The van der Waals surface area contributed by atoms with Gasteiger partial charge in [0.25, 0.3) is 0 Å². The Morgan fingerprint density at radius 1 is 1.03 bits per heavy atom. The third kappa shape index (κ3) is 6.39. The number of aryl methyl sites for hydroxylation is 1. The summed E-state index contributed by atoms with van der Waals surface area (Å²) in [5.74, 6) is 0.582. The molecule has 0 saturated heterocycles. The summed E-state index contributed by atoms with van der Waals surface area (Å²) in [5, 5.41) is 0.987.